The molecule has 0 radical (unpaired) electrons. The standard InChI is InChI=1S/C12H12F3NO3/c1-19-10(17)11(18,12(13,14)15)8-2-3-9-7(6-8)4-5-16-9/h2-3,6,16,18H,4-5H2,1H3/t11-/m0/s1. The van der Waals surface area contributed by atoms with Crippen LogP contribution in [0, 0.1) is 0 Å². The molecule has 0 unspecified atom stereocenters. The number of halogens is 3. The van der Waals surface area contributed by atoms with Gasteiger partial charge in [0, 0.05) is 17.8 Å². The Bertz CT molecular complexity index is 515. The van der Waals surface area contributed by atoms with Crippen LogP contribution in [0.3, 0.4) is 0 Å². The number of methoxy groups -OCH3 is 1. The van der Waals surface area contributed by atoms with Gasteiger partial charge in [0.1, 0.15) is 0 Å². The van der Waals surface area contributed by atoms with Crippen molar-refractivity contribution in [3.05, 3.63) is 29.3 Å². The average Bonchev–Trinajstić information content (AvgIpc) is 2.82. The highest BCUT2D eigenvalue weighted by molar-refractivity contribution is 5.82. The van der Waals surface area contributed by atoms with Gasteiger partial charge in [-0.2, -0.15) is 13.2 Å². The van der Waals surface area contributed by atoms with Gasteiger partial charge in [-0.25, -0.2) is 4.79 Å². The summed E-state index contributed by atoms with van der Waals surface area (Å²) in [5.41, 5.74) is -2.84. The van der Waals surface area contributed by atoms with Gasteiger partial charge in [-0.3, -0.25) is 0 Å². The predicted octanol–water partition coefficient (Wildman–Crippen LogP) is 1.58. The van der Waals surface area contributed by atoms with Gasteiger partial charge in [-0.1, -0.05) is 6.07 Å². The quantitative estimate of drug-likeness (QED) is 0.804. The van der Waals surface area contributed by atoms with Crippen molar-refractivity contribution >= 4 is 11.7 Å². The third-order valence-corrected chi connectivity index (χ3v) is 3.12. The first kappa shape index (κ1) is 13.7. The topological polar surface area (TPSA) is 58.6 Å². The molecule has 7 heteroatoms. The van der Waals surface area contributed by atoms with Crippen molar-refractivity contribution in [2.45, 2.75) is 18.2 Å². The average molecular weight is 275 g/mol. The Labute approximate surface area is 107 Å². The second kappa shape index (κ2) is 4.41. The summed E-state index contributed by atoms with van der Waals surface area (Å²) in [5.74, 6) is -1.74. The molecule has 0 aromatic heterocycles. The van der Waals surface area contributed by atoms with Crippen molar-refractivity contribution in [1.29, 1.82) is 0 Å². The van der Waals surface area contributed by atoms with Crippen molar-refractivity contribution in [2.75, 3.05) is 19.0 Å². The number of carbonyl (C=O) groups excluding carboxylic acids is 1. The molecule has 1 heterocycles. The fourth-order valence-electron chi connectivity index (χ4n) is 2.07. The molecule has 0 bridgehead atoms. The van der Waals surface area contributed by atoms with Crippen LogP contribution in [-0.4, -0.2) is 30.9 Å². The van der Waals surface area contributed by atoms with Crippen molar-refractivity contribution in [3.63, 3.8) is 0 Å². The SMILES string of the molecule is COC(=O)[C@@](O)(c1ccc2c(c1)CCN2)C(F)(F)F. The zero-order valence-corrected chi connectivity index (χ0v) is 10.0. The van der Waals surface area contributed by atoms with E-state index in [9.17, 15) is 23.1 Å². The Kier molecular flexibility index (Phi) is 3.17. The van der Waals surface area contributed by atoms with Gasteiger partial charge in [0.15, 0.2) is 0 Å². The van der Waals surface area contributed by atoms with Gasteiger partial charge in [0.05, 0.1) is 7.11 Å². The maximum Gasteiger partial charge on any atom is 0.432 e. The molecule has 0 spiro atoms. The first-order chi connectivity index (χ1) is 8.80. The van der Waals surface area contributed by atoms with Gasteiger partial charge >= 0.3 is 12.1 Å². The Morgan fingerprint density at radius 1 is 1.42 bits per heavy atom. The number of hydrogen-bond acceptors (Lipinski definition) is 4. The molecule has 2 N–H and O–H groups in total. The molecular weight excluding hydrogens is 263 g/mol. The molecule has 1 aliphatic rings. The summed E-state index contributed by atoms with van der Waals surface area (Å²) in [6.45, 7) is 0.613. The van der Waals surface area contributed by atoms with Crippen molar-refractivity contribution in [2.24, 2.45) is 0 Å². The van der Waals surface area contributed by atoms with Crippen LogP contribution in [0.1, 0.15) is 11.1 Å². The summed E-state index contributed by atoms with van der Waals surface area (Å²) < 4.78 is 43.1. The highest BCUT2D eigenvalue weighted by Gasteiger charge is 2.62. The summed E-state index contributed by atoms with van der Waals surface area (Å²) in [6.07, 6.45) is -4.61. The van der Waals surface area contributed by atoms with Crippen LogP contribution in [0.5, 0.6) is 0 Å². The number of nitrogens with one attached hydrogen (secondary N) is 1. The highest BCUT2D eigenvalue weighted by atomic mass is 19.4. The molecule has 1 aliphatic heterocycles. The molecular formula is C12H12F3NO3. The van der Waals surface area contributed by atoms with E-state index in [1.54, 1.807) is 0 Å². The monoisotopic (exact) mass is 275 g/mol. The van der Waals surface area contributed by atoms with E-state index in [-0.39, 0.29) is 0 Å². The first-order valence-corrected chi connectivity index (χ1v) is 5.55. The molecule has 1 atom stereocenters. The summed E-state index contributed by atoms with van der Waals surface area (Å²) in [4.78, 5) is 11.4. The number of anilines is 1. The van der Waals surface area contributed by atoms with E-state index in [1.807, 2.05) is 0 Å². The molecule has 0 saturated carbocycles. The van der Waals surface area contributed by atoms with Crippen LogP contribution in [-0.2, 0) is 21.6 Å². The van der Waals surface area contributed by atoms with Crippen molar-refractivity contribution in [1.82, 2.24) is 0 Å². The summed E-state index contributed by atoms with van der Waals surface area (Å²) in [6, 6.07) is 3.67. The Morgan fingerprint density at radius 3 is 2.68 bits per heavy atom. The summed E-state index contributed by atoms with van der Waals surface area (Å²) in [7, 11) is 0.800. The molecule has 1 aromatic carbocycles. The predicted molar refractivity (Wildman–Crippen MR) is 60.6 cm³/mol. The van der Waals surface area contributed by atoms with E-state index in [4.69, 9.17) is 0 Å². The number of alkyl halides is 3. The molecule has 19 heavy (non-hydrogen) atoms. The van der Waals surface area contributed by atoms with E-state index >= 15 is 0 Å². The van der Waals surface area contributed by atoms with Crippen LogP contribution in [0.4, 0.5) is 18.9 Å². The number of esters is 1. The molecule has 104 valence electrons. The number of hydrogen-bond donors (Lipinski definition) is 2. The molecule has 0 fully saturated rings. The fourth-order valence-corrected chi connectivity index (χ4v) is 2.07. The number of aliphatic hydroxyl groups is 1. The third-order valence-electron chi connectivity index (χ3n) is 3.12. The highest BCUT2D eigenvalue weighted by Crippen LogP contribution is 2.41. The number of fused-ring (bicyclic) bond motifs is 1. The normalized spacial score (nSPS) is 17.3. The van der Waals surface area contributed by atoms with Crippen LogP contribution < -0.4 is 5.32 Å². The second-order valence-corrected chi connectivity index (χ2v) is 4.25. The van der Waals surface area contributed by atoms with Crippen LogP contribution >= 0.6 is 0 Å². The van der Waals surface area contributed by atoms with E-state index < -0.39 is 23.3 Å². The van der Waals surface area contributed by atoms with Gasteiger partial charge in [0.2, 0.25) is 0 Å². The van der Waals surface area contributed by atoms with Gasteiger partial charge in [0.25, 0.3) is 5.60 Å². The number of rotatable bonds is 2. The van der Waals surface area contributed by atoms with Crippen molar-refractivity contribution in [3.8, 4) is 0 Å². The van der Waals surface area contributed by atoms with E-state index in [0.29, 0.717) is 24.2 Å². The number of ether oxygens (including phenoxy) is 1. The van der Waals surface area contributed by atoms with E-state index in [2.05, 4.69) is 10.1 Å². The zero-order valence-electron chi connectivity index (χ0n) is 10.0. The minimum Gasteiger partial charge on any atom is -0.466 e. The number of benzene rings is 1. The largest absolute Gasteiger partial charge is 0.466 e. The van der Waals surface area contributed by atoms with Gasteiger partial charge < -0.3 is 15.2 Å². The maximum absolute atomic E-state index is 13.0. The second-order valence-electron chi connectivity index (χ2n) is 4.25. The van der Waals surface area contributed by atoms with E-state index in [0.717, 1.165) is 13.2 Å². The molecule has 4 nitrogen and oxygen atoms in total. The van der Waals surface area contributed by atoms with Gasteiger partial charge in [-0.15, -0.1) is 0 Å². The lowest BCUT2D eigenvalue weighted by Crippen LogP contribution is -2.49. The molecule has 0 aliphatic carbocycles. The molecule has 1 aromatic rings. The lowest BCUT2D eigenvalue weighted by molar-refractivity contribution is -0.266. The molecule has 2 rings (SSSR count). The molecule has 0 saturated heterocycles. The van der Waals surface area contributed by atoms with Crippen molar-refractivity contribution < 1.29 is 27.8 Å². The minimum absolute atomic E-state index is 0.533. The van der Waals surface area contributed by atoms with Crippen LogP contribution in [0.25, 0.3) is 0 Å². The maximum atomic E-state index is 13.0. The zero-order chi connectivity index (χ0) is 14.3. The van der Waals surface area contributed by atoms with Crippen LogP contribution in [0.15, 0.2) is 18.2 Å². The third kappa shape index (κ3) is 2.03. The Balaban J connectivity index is 2.53. The Hall–Kier alpha value is -1.76. The van der Waals surface area contributed by atoms with Crippen LogP contribution in [0.2, 0.25) is 0 Å². The lowest BCUT2D eigenvalue weighted by atomic mass is 9.91. The minimum atomic E-state index is -5.15. The summed E-state index contributed by atoms with van der Waals surface area (Å²) in [5, 5.41) is 12.8. The van der Waals surface area contributed by atoms with Gasteiger partial charge in [-0.05, 0) is 24.1 Å². The Morgan fingerprint density at radius 2 is 2.11 bits per heavy atom. The summed E-state index contributed by atoms with van der Waals surface area (Å²) >= 11 is 0. The lowest BCUT2D eigenvalue weighted by Gasteiger charge is -2.28. The number of carbonyl (C=O) groups is 1. The smallest absolute Gasteiger partial charge is 0.432 e. The molecule has 0 amide bonds. The fraction of sp³-hybridized carbons (Fsp3) is 0.417. The van der Waals surface area contributed by atoms with E-state index in [1.165, 1.54) is 12.1 Å². The first-order valence-electron chi connectivity index (χ1n) is 5.55.